The van der Waals surface area contributed by atoms with Crippen molar-refractivity contribution < 1.29 is 14.2 Å². The highest BCUT2D eigenvalue weighted by Crippen LogP contribution is 2.29. The van der Waals surface area contributed by atoms with E-state index in [4.69, 9.17) is 10.5 Å². The number of rotatable bonds is 6. The van der Waals surface area contributed by atoms with Crippen LogP contribution in [0.3, 0.4) is 0 Å². The third-order valence-electron chi connectivity index (χ3n) is 5.41. The first-order valence-corrected chi connectivity index (χ1v) is 9.99. The quantitative estimate of drug-likeness (QED) is 0.667. The molecule has 152 valence electrons. The number of hydrogen-bond acceptors (Lipinski definition) is 5. The van der Waals surface area contributed by atoms with Gasteiger partial charge in [-0.2, -0.15) is 0 Å². The number of anilines is 1. The molecule has 1 aromatic heterocycles. The number of aliphatic hydroxyl groups excluding tert-OH is 1. The Labute approximate surface area is 169 Å². The second-order valence-corrected chi connectivity index (χ2v) is 7.63. The van der Waals surface area contributed by atoms with Crippen LogP contribution in [-0.4, -0.2) is 53.5 Å². The van der Waals surface area contributed by atoms with E-state index in [1.54, 1.807) is 18.5 Å². The maximum Gasteiger partial charge on any atom is 0.120 e. The molecule has 3 N–H and O–H groups in total. The number of fused-ring (bicyclic) bond motifs is 1. The van der Waals surface area contributed by atoms with Gasteiger partial charge in [-0.15, -0.1) is 0 Å². The summed E-state index contributed by atoms with van der Waals surface area (Å²) in [6.45, 7) is 2.09. The number of nitrogen functional groups attached to an aromatic ring is 1. The number of nitrogens with two attached hydrogens (primary N) is 1. The standard InChI is InChI=1S/C23H26FN3O2/c24-19-6-9-27(10-7-19)14-20(28)15-29-21-4-3-16-1-2-17(11-18(16)12-21)22-13-26-8-5-23(22)25/h1-5,8,11-13,19-20,28H,6-7,9-10,14-15H2,(H2,25,26). The summed E-state index contributed by atoms with van der Waals surface area (Å²) in [5, 5.41) is 12.4. The van der Waals surface area contributed by atoms with Crippen LogP contribution in [0, 0.1) is 0 Å². The summed E-state index contributed by atoms with van der Waals surface area (Å²) in [5.74, 6) is 0.704. The lowest BCUT2D eigenvalue weighted by Crippen LogP contribution is -2.41. The van der Waals surface area contributed by atoms with E-state index >= 15 is 0 Å². The Morgan fingerprint density at radius 1 is 1.14 bits per heavy atom. The maximum atomic E-state index is 13.2. The van der Waals surface area contributed by atoms with Gasteiger partial charge in [-0.25, -0.2) is 4.39 Å². The summed E-state index contributed by atoms with van der Waals surface area (Å²) in [7, 11) is 0. The summed E-state index contributed by atoms with van der Waals surface area (Å²) >= 11 is 0. The lowest BCUT2D eigenvalue weighted by Gasteiger charge is -2.30. The van der Waals surface area contributed by atoms with Crippen LogP contribution in [0.4, 0.5) is 10.1 Å². The molecule has 4 rings (SSSR count). The van der Waals surface area contributed by atoms with Crippen molar-refractivity contribution in [3.63, 3.8) is 0 Å². The van der Waals surface area contributed by atoms with Crippen molar-refractivity contribution in [1.29, 1.82) is 0 Å². The monoisotopic (exact) mass is 395 g/mol. The Kier molecular flexibility index (Phi) is 5.92. The number of ether oxygens (including phenoxy) is 1. The van der Waals surface area contributed by atoms with E-state index in [0.717, 1.165) is 21.9 Å². The second-order valence-electron chi connectivity index (χ2n) is 7.63. The number of benzene rings is 2. The molecule has 2 heterocycles. The van der Waals surface area contributed by atoms with Gasteiger partial charge >= 0.3 is 0 Å². The average Bonchev–Trinajstić information content (AvgIpc) is 2.74. The fourth-order valence-corrected chi connectivity index (χ4v) is 3.76. The summed E-state index contributed by atoms with van der Waals surface area (Å²) in [4.78, 5) is 6.26. The van der Waals surface area contributed by atoms with Crippen molar-refractivity contribution >= 4 is 16.5 Å². The molecule has 2 aromatic carbocycles. The van der Waals surface area contributed by atoms with E-state index in [1.807, 2.05) is 30.3 Å². The number of halogens is 1. The highest BCUT2D eigenvalue weighted by molar-refractivity contribution is 5.90. The first-order valence-electron chi connectivity index (χ1n) is 9.99. The van der Waals surface area contributed by atoms with Crippen LogP contribution in [0.15, 0.2) is 54.9 Å². The van der Waals surface area contributed by atoms with Crippen molar-refractivity contribution in [3.05, 3.63) is 54.9 Å². The summed E-state index contributed by atoms with van der Waals surface area (Å²) < 4.78 is 19.0. The molecule has 1 aliphatic heterocycles. The number of aromatic nitrogens is 1. The van der Waals surface area contributed by atoms with Crippen LogP contribution >= 0.6 is 0 Å². The molecule has 0 aliphatic carbocycles. The second kappa shape index (κ2) is 8.76. The normalized spacial score (nSPS) is 16.8. The minimum atomic E-state index is -0.704. The zero-order valence-electron chi connectivity index (χ0n) is 16.3. The van der Waals surface area contributed by atoms with Crippen molar-refractivity contribution in [1.82, 2.24) is 9.88 Å². The topological polar surface area (TPSA) is 71.6 Å². The molecule has 0 bridgehead atoms. The van der Waals surface area contributed by atoms with E-state index in [9.17, 15) is 9.50 Å². The number of alkyl halides is 1. The fraction of sp³-hybridized carbons (Fsp3) is 0.348. The van der Waals surface area contributed by atoms with Crippen LogP contribution in [0.2, 0.25) is 0 Å². The molecule has 0 saturated carbocycles. The fourth-order valence-electron chi connectivity index (χ4n) is 3.76. The van der Waals surface area contributed by atoms with E-state index in [2.05, 4.69) is 16.0 Å². The smallest absolute Gasteiger partial charge is 0.120 e. The van der Waals surface area contributed by atoms with Gasteiger partial charge in [0, 0.05) is 43.3 Å². The molecule has 0 spiro atoms. The Bertz CT molecular complexity index is 973. The van der Waals surface area contributed by atoms with E-state index in [0.29, 0.717) is 43.9 Å². The zero-order chi connectivity index (χ0) is 20.2. The summed E-state index contributed by atoms with van der Waals surface area (Å²) in [6.07, 6.45) is 3.22. The van der Waals surface area contributed by atoms with Gasteiger partial charge in [0.2, 0.25) is 0 Å². The van der Waals surface area contributed by atoms with Gasteiger partial charge in [0.05, 0.1) is 0 Å². The number of hydrogen-bond donors (Lipinski definition) is 2. The molecule has 1 aliphatic rings. The highest BCUT2D eigenvalue weighted by Gasteiger charge is 2.20. The number of aliphatic hydroxyl groups is 1. The van der Waals surface area contributed by atoms with Crippen molar-refractivity contribution in [2.45, 2.75) is 25.1 Å². The number of β-amino-alcohol motifs (C(OH)–C–C–N with tert-alkyl or cyclic N) is 1. The Hall–Kier alpha value is -2.70. The van der Waals surface area contributed by atoms with Crippen molar-refractivity contribution in [3.8, 4) is 16.9 Å². The first-order chi connectivity index (χ1) is 14.1. The molecule has 1 saturated heterocycles. The maximum absolute atomic E-state index is 13.2. The molecule has 6 heteroatoms. The van der Waals surface area contributed by atoms with Gasteiger partial charge in [-0.05, 0) is 53.4 Å². The van der Waals surface area contributed by atoms with E-state index in [1.165, 1.54) is 0 Å². The van der Waals surface area contributed by atoms with Gasteiger partial charge < -0.3 is 20.5 Å². The van der Waals surface area contributed by atoms with Crippen LogP contribution in [-0.2, 0) is 0 Å². The van der Waals surface area contributed by atoms with Gasteiger partial charge in [0.15, 0.2) is 0 Å². The highest BCUT2D eigenvalue weighted by atomic mass is 19.1. The van der Waals surface area contributed by atoms with E-state index < -0.39 is 12.3 Å². The lowest BCUT2D eigenvalue weighted by molar-refractivity contribution is 0.0508. The van der Waals surface area contributed by atoms with Crippen LogP contribution in [0.1, 0.15) is 12.8 Å². The SMILES string of the molecule is Nc1ccncc1-c1ccc2ccc(OCC(O)CN3CCC(F)CC3)cc2c1. The molecule has 1 fully saturated rings. The van der Waals surface area contributed by atoms with Crippen LogP contribution in [0.25, 0.3) is 21.9 Å². The lowest BCUT2D eigenvalue weighted by atomic mass is 10.0. The first kappa shape index (κ1) is 19.6. The zero-order valence-corrected chi connectivity index (χ0v) is 16.3. The molecule has 0 amide bonds. The van der Waals surface area contributed by atoms with Crippen molar-refractivity contribution in [2.75, 3.05) is 32.0 Å². The molecule has 29 heavy (non-hydrogen) atoms. The van der Waals surface area contributed by atoms with Crippen LogP contribution in [0.5, 0.6) is 5.75 Å². The molecule has 1 unspecified atom stereocenters. The number of nitrogens with zero attached hydrogens (tertiary/aromatic N) is 2. The summed E-state index contributed by atoms with van der Waals surface area (Å²) in [5.41, 5.74) is 8.65. The van der Waals surface area contributed by atoms with Crippen molar-refractivity contribution in [2.24, 2.45) is 0 Å². The Morgan fingerprint density at radius 3 is 2.72 bits per heavy atom. The molecule has 5 nitrogen and oxygen atoms in total. The minimum absolute atomic E-state index is 0.205. The number of pyridine rings is 1. The third kappa shape index (κ3) is 4.83. The molecular weight excluding hydrogens is 369 g/mol. The largest absolute Gasteiger partial charge is 0.491 e. The van der Waals surface area contributed by atoms with Crippen LogP contribution < -0.4 is 10.5 Å². The molecule has 3 aromatic rings. The van der Waals surface area contributed by atoms with Gasteiger partial charge in [0.1, 0.15) is 24.6 Å². The third-order valence-corrected chi connectivity index (χ3v) is 5.41. The predicted molar refractivity (Wildman–Crippen MR) is 114 cm³/mol. The average molecular weight is 395 g/mol. The van der Waals surface area contributed by atoms with Gasteiger partial charge in [-0.1, -0.05) is 18.2 Å². The minimum Gasteiger partial charge on any atom is -0.491 e. The van der Waals surface area contributed by atoms with Gasteiger partial charge in [0.25, 0.3) is 0 Å². The van der Waals surface area contributed by atoms with Gasteiger partial charge in [-0.3, -0.25) is 4.98 Å². The Balaban J connectivity index is 1.42. The Morgan fingerprint density at radius 2 is 1.93 bits per heavy atom. The molecular formula is C23H26FN3O2. The number of likely N-dealkylation sites (tertiary alicyclic amines) is 1. The number of piperidine rings is 1. The predicted octanol–water partition coefficient (Wildman–Crippen LogP) is 3.66. The molecule has 0 radical (unpaired) electrons. The van der Waals surface area contributed by atoms with E-state index in [-0.39, 0.29) is 6.61 Å². The summed E-state index contributed by atoms with van der Waals surface area (Å²) in [6, 6.07) is 13.8. The molecule has 1 atom stereocenters.